The summed E-state index contributed by atoms with van der Waals surface area (Å²) in [6.45, 7) is 3.99. The van der Waals surface area contributed by atoms with E-state index in [1.807, 2.05) is 4.90 Å². The molecule has 4 nitrogen and oxygen atoms in total. The van der Waals surface area contributed by atoms with Gasteiger partial charge in [-0.05, 0) is 43.0 Å². The molecule has 1 amide bonds. The lowest BCUT2D eigenvalue weighted by Gasteiger charge is -2.26. The van der Waals surface area contributed by atoms with Crippen molar-refractivity contribution in [3.63, 3.8) is 0 Å². The third-order valence-corrected chi connectivity index (χ3v) is 4.00. The fourth-order valence-electron chi connectivity index (χ4n) is 3.07. The molecular formula is C12H15ClN2O2. The molecule has 2 aliphatic rings. The van der Waals surface area contributed by atoms with Gasteiger partial charge in [0.15, 0.2) is 11.0 Å². The normalized spacial score (nSPS) is 31.9. The van der Waals surface area contributed by atoms with Crippen LogP contribution < -0.4 is 5.32 Å². The van der Waals surface area contributed by atoms with Crippen LogP contribution in [0.15, 0.2) is 16.5 Å². The van der Waals surface area contributed by atoms with Crippen LogP contribution in [-0.4, -0.2) is 36.0 Å². The number of nitrogens with zero attached hydrogens (tertiary/aromatic N) is 1. The van der Waals surface area contributed by atoms with Crippen molar-refractivity contribution in [2.45, 2.75) is 25.4 Å². The zero-order chi connectivity index (χ0) is 12.0. The smallest absolute Gasteiger partial charge is 0.290 e. The Bertz CT molecular complexity index is 445. The average molecular weight is 255 g/mol. The third-order valence-electron chi connectivity index (χ3n) is 3.80. The predicted octanol–water partition coefficient (Wildman–Crippen LogP) is 1.76. The van der Waals surface area contributed by atoms with E-state index in [0.717, 1.165) is 19.5 Å². The van der Waals surface area contributed by atoms with Crippen LogP contribution in [-0.2, 0) is 0 Å². The zero-order valence-electron chi connectivity index (χ0n) is 9.65. The van der Waals surface area contributed by atoms with Crippen molar-refractivity contribution in [3.05, 3.63) is 23.1 Å². The molecule has 17 heavy (non-hydrogen) atoms. The molecule has 1 aromatic heterocycles. The second-order valence-corrected chi connectivity index (χ2v) is 5.26. The van der Waals surface area contributed by atoms with E-state index < -0.39 is 0 Å². The Hall–Kier alpha value is -1.00. The van der Waals surface area contributed by atoms with Gasteiger partial charge in [-0.25, -0.2) is 0 Å². The Labute approximate surface area is 105 Å². The highest BCUT2D eigenvalue weighted by molar-refractivity contribution is 6.29. The number of likely N-dealkylation sites (tertiary alicyclic amines) is 1. The van der Waals surface area contributed by atoms with Crippen molar-refractivity contribution >= 4 is 17.5 Å². The first-order chi connectivity index (χ1) is 8.16. The monoisotopic (exact) mass is 254 g/mol. The quantitative estimate of drug-likeness (QED) is 0.831. The minimum atomic E-state index is -0.0411. The van der Waals surface area contributed by atoms with Crippen molar-refractivity contribution in [2.75, 3.05) is 13.1 Å². The summed E-state index contributed by atoms with van der Waals surface area (Å²) in [5.74, 6) is 0.884. The molecule has 2 fully saturated rings. The summed E-state index contributed by atoms with van der Waals surface area (Å²) in [6.07, 6.45) is 1.07. The molecule has 1 aromatic rings. The van der Waals surface area contributed by atoms with Gasteiger partial charge >= 0.3 is 0 Å². The summed E-state index contributed by atoms with van der Waals surface area (Å²) in [6, 6.07) is 3.84. The second kappa shape index (κ2) is 4.03. The van der Waals surface area contributed by atoms with Crippen LogP contribution in [0.3, 0.4) is 0 Å². The molecule has 0 saturated carbocycles. The van der Waals surface area contributed by atoms with Gasteiger partial charge < -0.3 is 14.6 Å². The van der Waals surface area contributed by atoms with Gasteiger partial charge in [0.05, 0.1) is 0 Å². The maximum atomic E-state index is 12.4. The second-order valence-electron chi connectivity index (χ2n) is 4.89. The molecule has 2 saturated heterocycles. The van der Waals surface area contributed by atoms with Crippen LogP contribution in [0, 0.1) is 5.92 Å². The molecule has 92 valence electrons. The number of halogens is 1. The summed E-state index contributed by atoms with van der Waals surface area (Å²) in [7, 11) is 0. The van der Waals surface area contributed by atoms with Crippen molar-refractivity contribution in [1.29, 1.82) is 0 Å². The molecule has 1 N–H and O–H groups in total. The third kappa shape index (κ3) is 1.76. The molecule has 3 atom stereocenters. The summed E-state index contributed by atoms with van der Waals surface area (Å²) >= 11 is 5.71. The van der Waals surface area contributed by atoms with E-state index in [2.05, 4.69) is 12.2 Å². The number of furan rings is 1. The molecule has 0 aliphatic carbocycles. The topological polar surface area (TPSA) is 45.5 Å². The molecule has 3 rings (SSSR count). The summed E-state index contributed by atoms with van der Waals surface area (Å²) in [5.41, 5.74) is 0. The fraction of sp³-hybridized carbons (Fsp3) is 0.583. The molecule has 3 heterocycles. The van der Waals surface area contributed by atoms with Gasteiger partial charge in [-0.15, -0.1) is 0 Å². The van der Waals surface area contributed by atoms with E-state index in [0.29, 0.717) is 17.7 Å². The Kier molecular flexibility index (Phi) is 2.64. The van der Waals surface area contributed by atoms with E-state index in [1.54, 1.807) is 12.1 Å². The van der Waals surface area contributed by atoms with Crippen molar-refractivity contribution in [2.24, 2.45) is 5.92 Å². The van der Waals surface area contributed by atoms with Gasteiger partial charge in [0.2, 0.25) is 0 Å². The minimum Gasteiger partial charge on any atom is -0.440 e. The lowest BCUT2D eigenvalue weighted by molar-refractivity contribution is 0.0649. The number of fused-ring (bicyclic) bond motifs is 1. The summed E-state index contributed by atoms with van der Waals surface area (Å²) in [4.78, 5) is 14.3. The first-order valence-electron chi connectivity index (χ1n) is 5.95. The number of amides is 1. The molecule has 3 unspecified atom stereocenters. The number of hydrogen-bond acceptors (Lipinski definition) is 3. The maximum absolute atomic E-state index is 12.4. The zero-order valence-corrected chi connectivity index (χ0v) is 10.4. The van der Waals surface area contributed by atoms with Crippen LogP contribution in [0.1, 0.15) is 23.9 Å². The van der Waals surface area contributed by atoms with Crippen molar-refractivity contribution in [3.8, 4) is 0 Å². The standard InChI is InChI=1S/C12H15ClN2O2/c1-7-4-8-5-14-6-9(8)15(7)12(16)10-2-3-11(13)17-10/h2-3,7-9,14H,4-6H2,1H3. The maximum Gasteiger partial charge on any atom is 0.290 e. The van der Waals surface area contributed by atoms with Crippen LogP contribution in [0.4, 0.5) is 0 Å². The molecule has 0 aromatic carbocycles. The predicted molar refractivity (Wildman–Crippen MR) is 64.1 cm³/mol. The average Bonchev–Trinajstić information content (AvgIpc) is 2.92. The lowest BCUT2D eigenvalue weighted by Crippen LogP contribution is -2.42. The Morgan fingerprint density at radius 2 is 2.35 bits per heavy atom. The molecule has 2 aliphatic heterocycles. The first kappa shape index (κ1) is 11.1. The fourth-order valence-corrected chi connectivity index (χ4v) is 3.22. The number of carbonyl (C=O) groups excluding carboxylic acids is 1. The Morgan fingerprint density at radius 3 is 3.06 bits per heavy atom. The van der Waals surface area contributed by atoms with Gasteiger partial charge in [0, 0.05) is 25.2 Å². The number of rotatable bonds is 1. The number of nitrogens with one attached hydrogen (secondary N) is 1. The van der Waals surface area contributed by atoms with Crippen molar-refractivity contribution in [1.82, 2.24) is 10.2 Å². The van der Waals surface area contributed by atoms with Crippen LogP contribution in [0.2, 0.25) is 5.22 Å². The summed E-state index contributed by atoms with van der Waals surface area (Å²) in [5, 5.41) is 3.60. The molecule has 0 spiro atoms. The summed E-state index contributed by atoms with van der Waals surface area (Å²) < 4.78 is 5.21. The highest BCUT2D eigenvalue weighted by Gasteiger charge is 2.44. The van der Waals surface area contributed by atoms with Crippen LogP contribution in [0.25, 0.3) is 0 Å². The van der Waals surface area contributed by atoms with Gasteiger partial charge in [0.1, 0.15) is 0 Å². The van der Waals surface area contributed by atoms with Gasteiger partial charge in [-0.3, -0.25) is 4.79 Å². The van der Waals surface area contributed by atoms with E-state index in [-0.39, 0.29) is 17.2 Å². The van der Waals surface area contributed by atoms with Gasteiger partial charge in [-0.1, -0.05) is 0 Å². The van der Waals surface area contributed by atoms with E-state index in [1.165, 1.54) is 0 Å². The van der Waals surface area contributed by atoms with E-state index >= 15 is 0 Å². The number of hydrogen-bond donors (Lipinski definition) is 1. The SMILES string of the molecule is CC1CC2CNCC2N1C(=O)c1ccc(Cl)o1. The molecular weight excluding hydrogens is 240 g/mol. The van der Waals surface area contributed by atoms with Gasteiger partial charge in [0.25, 0.3) is 5.91 Å². The Morgan fingerprint density at radius 1 is 1.53 bits per heavy atom. The van der Waals surface area contributed by atoms with E-state index in [4.69, 9.17) is 16.0 Å². The minimum absolute atomic E-state index is 0.0411. The highest BCUT2D eigenvalue weighted by atomic mass is 35.5. The van der Waals surface area contributed by atoms with E-state index in [9.17, 15) is 4.79 Å². The Balaban J connectivity index is 1.85. The molecule has 5 heteroatoms. The van der Waals surface area contributed by atoms with Gasteiger partial charge in [-0.2, -0.15) is 0 Å². The highest BCUT2D eigenvalue weighted by Crippen LogP contribution is 2.33. The molecule has 0 radical (unpaired) electrons. The molecule has 0 bridgehead atoms. The van der Waals surface area contributed by atoms with Crippen molar-refractivity contribution < 1.29 is 9.21 Å². The van der Waals surface area contributed by atoms with Crippen LogP contribution >= 0.6 is 11.6 Å². The number of carbonyl (C=O) groups is 1. The largest absolute Gasteiger partial charge is 0.440 e. The van der Waals surface area contributed by atoms with Crippen LogP contribution in [0.5, 0.6) is 0 Å². The lowest BCUT2D eigenvalue weighted by atomic mass is 10.0. The first-order valence-corrected chi connectivity index (χ1v) is 6.33.